The van der Waals surface area contributed by atoms with Crippen molar-refractivity contribution in [3.05, 3.63) is 24.0 Å². The molecule has 0 aliphatic rings. The van der Waals surface area contributed by atoms with Gasteiger partial charge in [-0.1, -0.05) is 6.92 Å². The lowest BCUT2D eigenvalue weighted by atomic mass is 10.1. The van der Waals surface area contributed by atoms with Crippen molar-refractivity contribution < 1.29 is 23.1 Å². The summed E-state index contributed by atoms with van der Waals surface area (Å²) in [5.74, 6) is -1.31. The third-order valence-corrected chi connectivity index (χ3v) is 2.88. The molecule has 1 aromatic rings. The fraction of sp³-hybridized carbons (Fsp3) is 0.538. The molecule has 0 N–H and O–H groups in total. The quantitative estimate of drug-likeness (QED) is 0.748. The van der Waals surface area contributed by atoms with Gasteiger partial charge in [-0.2, -0.15) is 0 Å². The number of hydrogen-bond donors (Lipinski definition) is 0. The Bertz CT molecular complexity index is 474. The van der Waals surface area contributed by atoms with Gasteiger partial charge in [-0.15, -0.1) is 0 Å². The Hall–Kier alpha value is -1.92. The number of ether oxygens (including phenoxy) is 1. The highest BCUT2D eigenvalue weighted by atomic mass is 19.3. The predicted octanol–water partition coefficient (Wildman–Crippen LogP) is 1.63. The minimum Gasteiger partial charge on any atom is -0.469 e. The number of esters is 1. The second-order valence-electron chi connectivity index (χ2n) is 4.55. The largest absolute Gasteiger partial charge is 0.469 e. The number of carbonyl (C=O) groups is 2. The first-order valence-electron chi connectivity index (χ1n) is 6.13. The number of aromatic nitrogens is 1. The molecule has 1 amide bonds. The summed E-state index contributed by atoms with van der Waals surface area (Å²) in [7, 11) is 2.79. The summed E-state index contributed by atoms with van der Waals surface area (Å²) in [6, 6.07) is 3.01. The van der Waals surface area contributed by atoms with E-state index < -0.39 is 30.8 Å². The molecule has 1 atom stereocenters. The average Bonchev–Trinajstić information content (AvgIpc) is 2.83. The van der Waals surface area contributed by atoms with Gasteiger partial charge < -0.3 is 14.2 Å². The van der Waals surface area contributed by atoms with Gasteiger partial charge >= 0.3 is 5.97 Å². The van der Waals surface area contributed by atoms with Gasteiger partial charge in [0, 0.05) is 19.8 Å². The topological polar surface area (TPSA) is 51.5 Å². The molecule has 1 unspecified atom stereocenters. The highest BCUT2D eigenvalue weighted by Crippen LogP contribution is 2.10. The maximum atomic E-state index is 12.4. The third kappa shape index (κ3) is 4.04. The van der Waals surface area contributed by atoms with E-state index >= 15 is 0 Å². The molecule has 112 valence electrons. The fourth-order valence-corrected chi connectivity index (χ4v) is 1.88. The van der Waals surface area contributed by atoms with E-state index in [9.17, 15) is 18.4 Å². The van der Waals surface area contributed by atoms with Crippen LogP contribution in [0.25, 0.3) is 0 Å². The van der Waals surface area contributed by atoms with E-state index in [4.69, 9.17) is 0 Å². The molecule has 0 fully saturated rings. The fourth-order valence-electron chi connectivity index (χ4n) is 1.88. The van der Waals surface area contributed by atoms with E-state index in [1.165, 1.54) is 42.0 Å². The van der Waals surface area contributed by atoms with Crippen molar-refractivity contribution >= 4 is 11.9 Å². The minimum absolute atomic E-state index is 0.158. The summed E-state index contributed by atoms with van der Waals surface area (Å²) in [6.45, 7) is 1.26. The van der Waals surface area contributed by atoms with Crippen LogP contribution in [-0.4, -0.2) is 48.5 Å². The Balaban J connectivity index is 2.74. The van der Waals surface area contributed by atoms with Gasteiger partial charge in [-0.25, -0.2) is 8.78 Å². The first-order valence-corrected chi connectivity index (χ1v) is 6.13. The molecule has 1 rings (SSSR count). The van der Waals surface area contributed by atoms with Crippen LogP contribution in [0.1, 0.15) is 17.4 Å². The SMILES string of the molecule is COC(=O)C(C)CN(C)C(=O)c1cccn1CC(F)F. The number of rotatable bonds is 6. The van der Waals surface area contributed by atoms with E-state index in [1.54, 1.807) is 6.92 Å². The van der Waals surface area contributed by atoms with Crippen molar-refractivity contribution in [3.8, 4) is 0 Å². The molecule has 0 aromatic carbocycles. The van der Waals surface area contributed by atoms with Gasteiger partial charge in [0.2, 0.25) is 0 Å². The number of hydrogen-bond acceptors (Lipinski definition) is 3. The van der Waals surface area contributed by atoms with Crippen molar-refractivity contribution in [2.24, 2.45) is 5.92 Å². The Labute approximate surface area is 116 Å². The zero-order valence-electron chi connectivity index (χ0n) is 11.7. The van der Waals surface area contributed by atoms with Crippen LogP contribution in [-0.2, 0) is 16.1 Å². The van der Waals surface area contributed by atoms with Crippen LogP contribution in [0, 0.1) is 5.92 Å². The maximum Gasteiger partial charge on any atom is 0.310 e. The summed E-state index contributed by atoms with van der Waals surface area (Å²) < 4.78 is 30.6. The molecule has 0 spiro atoms. The Morgan fingerprint density at radius 2 is 2.10 bits per heavy atom. The Kier molecular flexibility index (Phi) is 5.66. The van der Waals surface area contributed by atoms with Gasteiger partial charge in [-0.05, 0) is 12.1 Å². The monoisotopic (exact) mass is 288 g/mol. The summed E-state index contributed by atoms with van der Waals surface area (Å²) >= 11 is 0. The highest BCUT2D eigenvalue weighted by molar-refractivity contribution is 5.92. The second kappa shape index (κ2) is 7.02. The summed E-state index contributed by atoms with van der Waals surface area (Å²) in [5.41, 5.74) is 0.171. The molecule has 0 bridgehead atoms. The van der Waals surface area contributed by atoms with E-state index in [-0.39, 0.29) is 12.2 Å². The van der Waals surface area contributed by atoms with E-state index in [0.29, 0.717) is 0 Å². The lowest BCUT2D eigenvalue weighted by molar-refractivity contribution is -0.145. The molecule has 0 aliphatic carbocycles. The molecule has 1 heterocycles. The molecule has 20 heavy (non-hydrogen) atoms. The van der Waals surface area contributed by atoms with Crippen molar-refractivity contribution in [2.75, 3.05) is 20.7 Å². The van der Waals surface area contributed by atoms with Crippen LogP contribution in [0.15, 0.2) is 18.3 Å². The highest BCUT2D eigenvalue weighted by Gasteiger charge is 2.22. The normalized spacial score (nSPS) is 12.3. The number of alkyl halides is 2. The van der Waals surface area contributed by atoms with Crippen molar-refractivity contribution in [3.63, 3.8) is 0 Å². The first kappa shape index (κ1) is 16.1. The first-order chi connectivity index (χ1) is 9.36. The van der Waals surface area contributed by atoms with Crippen LogP contribution in [0.2, 0.25) is 0 Å². The Morgan fingerprint density at radius 3 is 2.65 bits per heavy atom. The zero-order valence-corrected chi connectivity index (χ0v) is 11.7. The molecule has 7 heteroatoms. The molecule has 0 radical (unpaired) electrons. The van der Waals surface area contributed by atoms with Crippen LogP contribution in [0.3, 0.4) is 0 Å². The van der Waals surface area contributed by atoms with Crippen LogP contribution >= 0.6 is 0 Å². The lowest BCUT2D eigenvalue weighted by Crippen LogP contribution is -2.35. The van der Waals surface area contributed by atoms with Crippen LogP contribution in [0.4, 0.5) is 8.78 Å². The molecule has 0 saturated heterocycles. The third-order valence-electron chi connectivity index (χ3n) is 2.88. The van der Waals surface area contributed by atoms with Crippen molar-refractivity contribution in [1.29, 1.82) is 0 Å². The van der Waals surface area contributed by atoms with Crippen LogP contribution in [0.5, 0.6) is 0 Å². The zero-order chi connectivity index (χ0) is 15.3. The predicted molar refractivity (Wildman–Crippen MR) is 68.6 cm³/mol. The number of carbonyl (C=O) groups excluding carboxylic acids is 2. The number of amides is 1. The molecule has 0 aliphatic heterocycles. The number of halogens is 2. The van der Waals surface area contributed by atoms with Crippen LogP contribution < -0.4 is 0 Å². The van der Waals surface area contributed by atoms with E-state index in [2.05, 4.69) is 4.74 Å². The molecule has 5 nitrogen and oxygen atoms in total. The van der Waals surface area contributed by atoms with Crippen molar-refractivity contribution in [2.45, 2.75) is 19.9 Å². The molecule has 1 aromatic heterocycles. The lowest BCUT2D eigenvalue weighted by Gasteiger charge is -2.21. The smallest absolute Gasteiger partial charge is 0.310 e. The second-order valence-corrected chi connectivity index (χ2v) is 4.55. The molecular weight excluding hydrogens is 270 g/mol. The van der Waals surface area contributed by atoms with Gasteiger partial charge in [0.05, 0.1) is 19.6 Å². The number of methoxy groups -OCH3 is 1. The maximum absolute atomic E-state index is 12.4. The molecule has 0 saturated carbocycles. The van der Waals surface area contributed by atoms with Gasteiger partial charge in [0.15, 0.2) is 0 Å². The summed E-state index contributed by atoms with van der Waals surface area (Å²) in [5, 5.41) is 0. The summed E-state index contributed by atoms with van der Waals surface area (Å²) in [4.78, 5) is 24.8. The van der Waals surface area contributed by atoms with Crippen molar-refractivity contribution in [1.82, 2.24) is 9.47 Å². The molecular formula is C13H18F2N2O3. The standard InChI is InChI=1S/C13H18F2N2O3/c1-9(13(19)20-3)7-16(2)12(18)10-5-4-6-17(10)8-11(14)15/h4-6,9,11H,7-8H2,1-3H3. The summed E-state index contributed by atoms with van der Waals surface area (Å²) in [6.07, 6.45) is -1.11. The minimum atomic E-state index is -2.53. The van der Waals surface area contributed by atoms with Gasteiger partial charge in [0.25, 0.3) is 12.3 Å². The number of nitrogens with zero attached hydrogens (tertiary/aromatic N) is 2. The average molecular weight is 288 g/mol. The Morgan fingerprint density at radius 1 is 1.45 bits per heavy atom. The van der Waals surface area contributed by atoms with E-state index in [1.807, 2.05) is 0 Å². The van der Waals surface area contributed by atoms with E-state index in [0.717, 1.165) is 0 Å². The van der Waals surface area contributed by atoms with Gasteiger partial charge in [0.1, 0.15) is 5.69 Å². The van der Waals surface area contributed by atoms with Gasteiger partial charge in [-0.3, -0.25) is 9.59 Å².